The fraction of sp³-hybridized carbons (Fsp3) is 0.130. The summed E-state index contributed by atoms with van der Waals surface area (Å²) in [5.41, 5.74) is 10.5. The lowest BCUT2D eigenvalue weighted by Crippen LogP contribution is -2.46. The van der Waals surface area contributed by atoms with Crippen molar-refractivity contribution < 1.29 is 32.3 Å². The summed E-state index contributed by atoms with van der Waals surface area (Å²) in [6.45, 7) is 0. The Kier molecular flexibility index (Phi) is 7.15. The molecule has 1 heterocycles. The second-order valence-corrected chi connectivity index (χ2v) is 7.16. The number of nitrogens with zero attached hydrogens (tertiary/aromatic N) is 1. The van der Waals surface area contributed by atoms with Crippen LogP contribution >= 0.6 is 0 Å². The van der Waals surface area contributed by atoms with Crippen molar-refractivity contribution in [2.75, 3.05) is 0 Å². The topological polar surface area (TPSA) is 137 Å². The van der Waals surface area contributed by atoms with Gasteiger partial charge in [0.2, 0.25) is 11.8 Å². The number of ether oxygens (including phenoxy) is 1. The van der Waals surface area contributed by atoms with E-state index in [2.05, 4.69) is 10.3 Å². The lowest BCUT2D eigenvalue weighted by Gasteiger charge is -2.14. The molecule has 0 unspecified atom stereocenters. The monoisotopic (exact) mass is 472 g/mol. The number of hydrogen-bond donors (Lipinski definition) is 3. The first-order valence-corrected chi connectivity index (χ1v) is 9.84. The molecule has 0 radical (unpaired) electrons. The van der Waals surface area contributed by atoms with E-state index in [1.165, 1.54) is 18.2 Å². The Labute approximate surface area is 191 Å². The summed E-state index contributed by atoms with van der Waals surface area (Å²) in [5.74, 6) is -1.81. The molecule has 0 aliphatic heterocycles. The number of nitrogens with one attached hydrogen (secondary N) is 1. The van der Waals surface area contributed by atoms with E-state index in [-0.39, 0.29) is 11.4 Å². The van der Waals surface area contributed by atoms with E-state index in [0.29, 0.717) is 17.0 Å². The van der Waals surface area contributed by atoms with Gasteiger partial charge in [-0.05, 0) is 60.7 Å². The van der Waals surface area contributed by atoms with Crippen LogP contribution in [0.5, 0.6) is 11.5 Å². The molecule has 0 fully saturated rings. The van der Waals surface area contributed by atoms with Crippen LogP contribution in [0.15, 0.2) is 66.7 Å². The minimum absolute atomic E-state index is 0.0155. The zero-order valence-electron chi connectivity index (χ0n) is 17.5. The third-order valence-corrected chi connectivity index (χ3v) is 4.60. The summed E-state index contributed by atoms with van der Waals surface area (Å²) >= 11 is 0. The maximum atomic E-state index is 12.7. The van der Waals surface area contributed by atoms with Crippen molar-refractivity contribution in [2.45, 2.75) is 18.6 Å². The van der Waals surface area contributed by atoms with E-state index in [1.807, 2.05) is 0 Å². The van der Waals surface area contributed by atoms with Gasteiger partial charge in [0.05, 0.1) is 17.7 Å². The van der Waals surface area contributed by atoms with Crippen molar-refractivity contribution in [3.8, 4) is 22.8 Å². The van der Waals surface area contributed by atoms with Crippen LogP contribution < -0.4 is 21.5 Å². The van der Waals surface area contributed by atoms with Crippen LogP contribution in [0.4, 0.5) is 13.2 Å². The molecule has 0 bridgehead atoms. The van der Waals surface area contributed by atoms with E-state index in [1.54, 1.807) is 36.4 Å². The fourth-order valence-electron chi connectivity index (χ4n) is 2.92. The van der Waals surface area contributed by atoms with Gasteiger partial charge in [-0.1, -0.05) is 6.07 Å². The summed E-state index contributed by atoms with van der Waals surface area (Å²) in [7, 11) is 0. The highest BCUT2D eigenvalue weighted by atomic mass is 19.4. The summed E-state index contributed by atoms with van der Waals surface area (Å²) in [5, 5.41) is 2.33. The Morgan fingerprint density at radius 3 is 2.03 bits per heavy atom. The molecule has 1 aromatic heterocycles. The minimum atomic E-state index is -4.43. The molecule has 8 nitrogen and oxygen atoms in total. The smallest absolute Gasteiger partial charge is 0.416 e. The Morgan fingerprint density at radius 1 is 0.912 bits per heavy atom. The molecular weight excluding hydrogens is 453 g/mol. The van der Waals surface area contributed by atoms with Crippen molar-refractivity contribution in [2.24, 2.45) is 11.5 Å². The van der Waals surface area contributed by atoms with Gasteiger partial charge < -0.3 is 21.5 Å². The third-order valence-electron chi connectivity index (χ3n) is 4.60. The molecular formula is C23H19F3N4O4. The van der Waals surface area contributed by atoms with Gasteiger partial charge >= 0.3 is 6.18 Å². The molecule has 5 N–H and O–H groups in total. The number of benzene rings is 2. The van der Waals surface area contributed by atoms with Gasteiger partial charge in [0.15, 0.2) is 0 Å². The lowest BCUT2D eigenvalue weighted by atomic mass is 10.1. The molecule has 0 aliphatic rings. The molecule has 1 atom stereocenters. The predicted molar refractivity (Wildman–Crippen MR) is 115 cm³/mol. The first-order valence-electron chi connectivity index (χ1n) is 9.84. The molecule has 3 rings (SSSR count). The number of aromatic nitrogens is 1. The molecule has 176 valence electrons. The Morgan fingerprint density at radius 2 is 1.50 bits per heavy atom. The van der Waals surface area contributed by atoms with Crippen LogP contribution in [0.2, 0.25) is 0 Å². The summed E-state index contributed by atoms with van der Waals surface area (Å²) in [6, 6.07) is 14.2. The van der Waals surface area contributed by atoms with Crippen LogP contribution in [0.3, 0.4) is 0 Å². The maximum absolute atomic E-state index is 12.7. The lowest BCUT2D eigenvalue weighted by molar-refractivity contribution is -0.137. The first kappa shape index (κ1) is 24.2. The van der Waals surface area contributed by atoms with E-state index in [9.17, 15) is 27.6 Å². The summed E-state index contributed by atoms with van der Waals surface area (Å²) < 4.78 is 43.6. The molecule has 11 heteroatoms. The zero-order valence-corrected chi connectivity index (χ0v) is 17.5. The van der Waals surface area contributed by atoms with Crippen molar-refractivity contribution in [3.63, 3.8) is 0 Å². The van der Waals surface area contributed by atoms with E-state index in [0.717, 1.165) is 12.1 Å². The van der Waals surface area contributed by atoms with Crippen molar-refractivity contribution in [3.05, 3.63) is 78.0 Å². The van der Waals surface area contributed by atoms with Crippen molar-refractivity contribution in [1.82, 2.24) is 10.3 Å². The van der Waals surface area contributed by atoms with Crippen LogP contribution in [-0.4, -0.2) is 28.7 Å². The van der Waals surface area contributed by atoms with E-state index >= 15 is 0 Å². The van der Waals surface area contributed by atoms with E-state index in [4.69, 9.17) is 16.2 Å². The molecule has 3 aromatic rings. The number of pyridine rings is 1. The van der Waals surface area contributed by atoms with Gasteiger partial charge in [-0.3, -0.25) is 14.4 Å². The molecule has 0 saturated carbocycles. The highest BCUT2D eigenvalue weighted by molar-refractivity contribution is 5.97. The van der Waals surface area contributed by atoms with Gasteiger partial charge in [0.25, 0.3) is 5.91 Å². The van der Waals surface area contributed by atoms with Gasteiger partial charge in [0, 0.05) is 5.56 Å². The maximum Gasteiger partial charge on any atom is 0.416 e. The molecule has 0 spiro atoms. The molecule has 3 amide bonds. The molecule has 0 aliphatic carbocycles. The van der Waals surface area contributed by atoms with Crippen molar-refractivity contribution >= 4 is 17.7 Å². The minimum Gasteiger partial charge on any atom is -0.457 e. The number of carbonyl (C=O) groups excluding carboxylic acids is 3. The highest BCUT2D eigenvalue weighted by Gasteiger charge is 2.30. The third kappa shape index (κ3) is 6.31. The van der Waals surface area contributed by atoms with Crippen LogP contribution in [0.1, 0.15) is 22.5 Å². The van der Waals surface area contributed by atoms with Crippen LogP contribution in [0, 0.1) is 0 Å². The molecule has 34 heavy (non-hydrogen) atoms. The predicted octanol–water partition coefficient (Wildman–Crippen LogP) is 3.02. The van der Waals surface area contributed by atoms with Gasteiger partial charge in [-0.25, -0.2) is 4.98 Å². The largest absolute Gasteiger partial charge is 0.457 e. The van der Waals surface area contributed by atoms with Gasteiger partial charge in [-0.15, -0.1) is 0 Å². The number of alkyl halides is 3. The first-order chi connectivity index (χ1) is 16.0. The Bertz CT molecular complexity index is 1200. The number of nitrogens with two attached hydrogens (primary N) is 2. The molecule has 2 aromatic carbocycles. The van der Waals surface area contributed by atoms with Crippen molar-refractivity contribution in [1.29, 1.82) is 0 Å². The number of rotatable bonds is 8. The number of carbonyl (C=O) groups is 3. The summed E-state index contributed by atoms with van der Waals surface area (Å²) in [4.78, 5) is 39.2. The Hall–Kier alpha value is -4.41. The SMILES string of the molecule is NC(=O)C[C@H](NC(=O)c1cccc(-c2ccc(Oc3ccc(C(F)(F)F)cc3)cc2)n1)C(N)=O. The van der Waals surface area contributed by atoms with E-state index < -0.39 is 41.9 Å². The highest BCUT2D eigenvalue weighted by Crippen LogP contribution is 2.31. The average molecular weight is 472 g/mol. The summed E-state index contributed by atoms with van der Waals surface area (Å²) in [6.07, 6.45) is -4.87. The zero-order chi connectivity index (χ0) is 24.9. The second-order valence-electron chi connectivity index (χ2n) is 7.16. The van der Waals surface area contributed by atoms with Crippen LogP contribution in [-0.2, 0) is 15.8 Å². The number of primary amides is 2. The average Bonchev–Trinajstić information content (AvgIpc) is 2.78. The van der Waals surface area contributed by atoms with Gasteiger partial charge in [-0.2, -0.15) is 13.2 Å². The second kappa shape index (κ2) is 10.0. The fourth-order valence-corrected chi connectivity index (χ4v) is 2.92. The van der Waals surface area contributed by atoms with Gasteiger partial charge in [0.1, 0.15) is 23.2 Å². The normalized spacial score (nSPS) is 12.0. The number of hydrogen-bond acceptors (Lipinski definition) is 5. The Balaban J connectivity index is 1.71. The standard InChI is InChI=1S/C23H19F3N4O4/c24-23(25,26)14-6-10-16(11-7-14)34-15-8-4-13(5-9-15)17-2-1-3-18(29-17)22(33)30-19(21(28)32)12-20(27)31/h1-11,19H,12H2,(H2,27,31)(H2,28,32)(H,30,33)/t19-/m0/s1. The quantitative estimate of drug-likeness (QED) is 0.463. The van der Waals surface area contributed by atoms with Crippen LogP contribution in [0.25, 0.3) is 11.3 Å². The molecule has 0 saturated heterocycles. The number of amides is 3. The number of halogens is 3.